The molecule has 5 nitrogen and oxygen atoms in total. The third kappa shape index (κ3) is 3.50. The Hall–Kier alpha value is -1.47. The summed E-state index contributed by atoms with van der Waals surface area (Å²) in [4.78, 5) is 24.5. The van der Waals surface area contributed by atoms with Gasteiger partial charge in [-0.2, -0.15) is 18.2 Å². The van der Waals surface area contributed by atoms with Crippen LogP contribution in [0.15, 0.2) is 0 Å². The highest BCUT2D eigenvalue weighted by Crippen LogP contribution is 2.17. The number of rotatable bonds is 1. The van der Waals surface area contributed by atoms with Crippen LogP contribution in [-0.4, -0.2) is 29.3 Å². The molecule has 0 aliphatic carbocycles. The Morgan fingerprint density at radius 2 is 1.79 bits per heavy atom. The monoisotopic (exact) mass is 214 g/mol. The number of amides is 2. The van der Waals surface area contributed by atoms with Crippen molar-refractivity contribution in [3.8, 4) is 0 Å². The van der Waals surface area contributed by atoms with Crippen LogP contribution < -0.4 is 5.73 Å². The molecular weight excluding hydrogens is 205 g/mol. The van der Waals surface area contributed by atoms with E-state index in [1.54, 1.807) is 0 Å². The Labute approximate surface area is 77.6 Å². The van der Waals surface area contributed by atoms with Crippen molar-refractivity contribution in [2.75, 3.05) is 0 Å². The molecule has 0 aromatic carbocycles. The molecule has 14 heavy (non-hydrogen) atoms. The minimum absolute atomic E-state index is 0.149. The Kier molecular flexibility index (Phi) is 3.72. The van der Waals surface area contributed by atoms with Gasteiger partial charge in [0.05, 0.1) is 6.04 Å². The van der Waals surface area contributed by atoms with E-state index >= 15 is 0 Å². The van der Waals surface area contributed by atoms with E-state index in [1.165, 1.54) is 13.8 Å². The molecule has 2 N–H and O–H groups in total. The molecule has 0 bridgehead atoms. The number of hydrogen-bond donors (Lipinski definition) is 1. The average Bonchev–Trinajstić information content (AvgIpc) is 1.96. The van der Waals surface area contributed by atoms with Gasteiger partial charge in [0.1, 0.15) is 0 Å². The zero-order valence-corrected chi connectivity index (χ0v) is 7.46. The summed E-state index contributed by atoms with van der Waals surface area (Å²) in [6.45, 7) is 2.68. The third-order valence-corrected chi connectivity index (χ3v) is 1.10. The number of nitrogens with two attached hydrogens (primary N) is 1. The molecule has 0 aromatic heterocycles. The SMILES string of the molecule is CC(C)N(OC(=O)C(F)(F)F)C(N)=O. The summed E-state index contributed by atoms with van der Waals surface area (Å²) < 4.78 is 35.0. The van der Waals surface area contributed by atoms with Crippen molar-refractivity contribution in [3.63, 3.8) is 0 Å². The number of alkyl halides is 3. The van der Waals surface area contributed by atoms with Crippen LogP contribution in [0, 0.1) is 0 Å². The molecule has 2 amide bonds. The van der Waals surface area contributed by atoms with E-state index in [0.29, 0.717) is 0 Å². The first kappa shape index (κ1) is 12.5. The van der Waals surface area contributed by atoms with E-state index in [4.69, 9.17) is 0 Å². The van der Waals surface area contributed by atoms with Crippen LogP contribution in [0.1, 0.15) is 13.8 Å². The molecule has 0 aliphatic heterocycles. The van der Waals surface area contributed by atoms with Crippen LogP contribution >= 0.6 is 0 Å². The maximum atomic E-state index is 11.7. The van der Waals surface area contributed by atoms with Crippen LogP contribution in [-0.2, 0) is 9.63 Å². The second-order valence-corrected chi connectivity index (χ2v) is 2.63. The summed E-state index contributed by atoms with van der Waals surface area (Å²) in [6, 6.07) is -2.03. The molecule has 0 heterocycles. The van der Waals surface area contributed by atoms with Gasteiger partial charge >= 0.3 is 18.2 Å². The smallest absolute Gasteiger partial charge is 0.349 e. The molecule has 0 atom stereocenters. The predicted octanol–water partition coefficient (Wildman–Crippen LogP) is 0.796. The number of carbonyl (C=O) groups excluding carboxylic acids is 2. The molecule has 0 radical (unpaired) electrons. The van der Waals surface area contributed by atoms with E-state index in [1.807, 2.05) is 0 Å². The molecule has 0 aromatic rings. The van der Waals surface area contributed by atoms with Gasteiger partial charge < -0.3 is 10.6 Å². The van der Waals surface area contributed by atoms with Gasteiger partial charge in [-0.05, 0) is 13.8 Å². The lowest BCUT2D eigenvalue weighted by molar-refractivity contribution is -0.231. The van der Waals surface area contributed by atoms with Crippen LogP contribution in [0.4, 0.5) is 18.0 Å². The van der Waals surface area contributed by atoms with E-state index in [0.717, 1.165) is 0 Å². The van der Waals surface area contributed by atoms with Crippen molar-refractivity contribution >= 4 is 12.0 Å². The highest BCUT2D eigenvalue weighted by atomic mass is 19.4. The second-order valence-electron chi connectivity index (χ2n) is 2.63. The fourth-order valence-corrected chi connectivity index (χ4v) is 0.546. The van der Waals surface area contributed by atoms with Crippen molar-refractivity contribution in [3.05, 3.63) is 0 Å². The molecule has 0 spiro atoms. The molecular formula is C6H9F3N2O3. The maximum Gasteiger partial charge on any atom is 0.493 e. The van der Waals surface area contributed by atoms with Crippen molar-refractivity contribution in [2.45, 2.75) is 26.1 Å². The molecule has 0 fully saturated rings. The van der Waals surface area contributed by atoms with Gasteiger partial charge in [-0.25, -0.2) is 9.59 Å². The normalized spacial score (nSPS) is 11.3. The largest absolute Gasteiger partial charge is 0.493 e. The molecule has 82 valence electrons. The van der Waals surface area contributed by atoms with E-state index < -0.39 is 24.2 Å². The summed E-state index contributed by atoms with van der Waals surface area (Å²) in [5.41, 5.74) is 4.67. The topological polar surface area (TPSA) is 72.6 Å². The Balaban J connectivity index is 4.48. The van der Waals surface area contributed by atoms with Gasteiger partial charge in [0.25, 0.3) is 0 Å². The number of urea groups is 1. The van der Waals surface area contributed by atoms with Crippen molar-refractivity contribution < 1.29 is 27.6 Å². The van der Waals surface area contributed by atoms with Gasteiger partial charge in [0.15, 0.2) is 0 Å². The molecule has 8 heteroatoms. The molecule has 0 saturated heterocycles. The van der Waals surface area contributed by atoms with Crippen LogP contribution in [0.25, 0.3) is 0 Å². The van der Waals surface area contributed by atoms with Crippen LogP contribution in [0.2, 0.25) is 0 Å². The van der Waals surface area contributed by atoms with Crippen LogP contribution in [0.3, 0.4) is 0 Å². The molecule has 0 saturated carbocycles. The lowest BCUT2D eigenvalue weighted by Crippen LogP contribution is -2.45. The molecule has 0 rings (SSSR count). The van der Waals surface area contributed by atoms with E-state index in [-0.39, 0.29) is 5.06 Å². The predicted molar refractivity (Wildman–Crippen MR) is 38.7 cm³/mol. The van der Waals surface area contributed by atoms with Crippen LogP contribution in [0.5, 0.6) is 0 Å². The fourth-order valence-electron chi connectivity index (χ4n) is 0.546. The lowest BCUT2D eigenvalue weighted by Gasteiger charge is -2.22. The van der Waals surface area contributed by atoms with Gasteiger partial charge in [-0.3, -0.25) is 0 Å². The molecule has 0 unspecified atom stereocenters. The zero-order chi connectivity index (χ0) is 11.5. The number of carbonyl (C=O) groups is 2. The second kappa shape index (κ2) is 4.16. The Morgan fingerprint density at radius 1 is 1.36 bits per heavy atom. The lowest BCUT2D eigenvalue weighted by atomic mass is 10.4. The highest BCUT2D eigenvalue weighted by molar-refractivity contribution is 5.78. The summed E-state index contributed by atoms with van der Waals surface area (Å²) in [6.07, 6.45) is -5.15. The standard InChI is InChI=1S/C6H9F3N2O3/c1-3(2)11(5(10)13)14-4(12)6(7,8)9/h3H,1-2H3,(H2,10,13). The first-order valence-corrected chi connectivity index (χ1v) is 3.54. The van der Waals surface area contributed by atoms with Gasteiger partial charge in [-0.15, -0.1) is 0 Å². The minimum atomic E-state index is -5.15. The first-order chi connectivity index (χ1) is 6.16. The fraction of sp³-hybridized carbons (Fsp3) is 0.667. The van der Waals surface area contributed by atoms with Crippen molar-refractivity contribution in [2.24, 2.45) is 5.73 Å². The Morgan fingerprint density at radius 3 is 2.00 bits per heavy atom. The third-order valence-electron chi connectivity index (χ3n) is 1.10. The number of halogens is 3. The summed E-state index contributed by atoms with van der Waals surface area (Å²) in [5.74, 6) is -2.48. The number of primary amides is 1. The number of hydroxylamine groups is 2. The minimum Gasteiger partial charge on any atom is -0.349 e. The van der Waals surface area contributed by atoms with E-state index in [2.05, 4.69) is 10.6 Å². The highest BCUT2D eigenvalue weighted by Gasteiger charge is 2.43. The van der Waals surface area contributed by atoms with Crippen molar-refractivity contribution in [1.29, 1.82) is 0 Å². The van der Waals surface area contributed by atoms with Crippen molar-refractivity contribution in [1.82, 2.24) is 5.06 Å². The number of nitrogens with zero attached hydrogens (tertiary/aromatic N) is 1. The zero-order valence-electron chi connectivity index (χ0n) is 7.46. The van der Waals surface area contributed by atoms with Gasteiger partial charge in [0.2, 0.25) is 0 Å². The van der Waals surface area contributed by atoms with E-state index in [9.17, 15) is 22.8 Å². The quantitative estimate of drug-likeness (QED) is 0.656. The summed E-state index contributed by atoms with van der Waals surface area (Å²) in [5, 5.41) is 0.149. The first-order valence-electron chi connectivity index (χ1n) is 3.54. The number of hydrogen-bond acceptors (Lipinski definition) is 3. The molecule has 0 aliphatic rings. The van der Waals surface area contributed by atoms with Gasteiger partial charge in [-0.1, -0.05) is 0 Å². The Bertz CT molecular complexity index is 239. The average molecular weight is 214 g/mol. The summed E-state index contributed by atoms with van der Waals surface area (Å²) >= 11 is 0. The summed E-state index contributed by atoms with van der Waals surface area (Å²) in [7, 11) is 0. The van der Waals surface area contributed by atoms with Gasteiger partial charge in [0, 0.05) is 0 Å². The maximum absolute atomic E-state index is 11.7.